The van der Waals surface area contributed by atoms with Crippen LogP contribution in [0.15, 0.2) is 18.2 Å². The topological polar surface area (TPSA) is 41.6 Å². The number of carbonyl (C=O) groups excluding carboxylic acids is 1. The summed E-state index contributed by atoms with van der Waals surface area (Å²) >= 11 is 0. The lowest BCUT2D eigenvalue weighted by molar-refractivity contribution is -0.122. The molecule has 0 radical (unpaired) electrons. The number of likely N-dealkylation sites (N-methyl/N-ethyl adjacent to an activating group) is 1. The molecule has 0 unspecified atom stereocenters. The zero-order chi connectivity index (χ0) is 15.1. The van der Waals surface area contributed by atoms with E-state index in [4.69, 9.17) is 4.74 Å². The predicted molar refractivity (Wildman–Crippen MR) is 77.3 cm³/mol. The minimum atomic E-state index is -0.436. The second-order valence-corrected chi connectivity index (χ2v) is 4.61. The Hall–Kier alpha value is -1.62. The van der Waals surface area contributed by atoms with Crippen LogP contribution in [-0.4, -0.2) is 37.6 Å². The summed E-state index contributed by atoms with van der Waals surface area (Å²) in [6.45, 7) is 7.68. The minimum absolute atomic E-state index is 0.119. The Bertz CT molecular complexity index is 447. The fourth-order valence-corrected chi connectivity index (χ4v) is 2.13. The van der Waals surface area contributed by atoms with Gasteiger partial charge in [0.15, 0.2) is 0 Å². The van der Waals surface area contributed by atoms with Crippen molar-refractivity contribution in [2.24, 2.45) is 0 Å². The molecule has 1 rings (SSSR count). The smallest absolute Gasteiger partial charge is 0.234 e. The van der Waals surface area contributed by atoms with Gasteiger partial charge in [-0.25, -0.2) is 4.39 Å². The molecule has 1 atom stereocenters. The maximum absolute atomic E-state index is 13.9. The molecule has 0 heterocycles. The molecule has 0 fully saturated rings. The molecule has 112 valence electrons. The summed E-state index contributed by atoms with van der Waals surface area (Å²) in [6.07, 6.45) is 0. The third-order valence-corrected chi connectivity index (χ3v) is 3.30. The van der Waals surface area contributed by atoms with Crippen molar-refractivity contribution in [3.63, 3.8) is 0 Å². The highest BCUT2D eigenvalue weighted by Gasteiger charge is 2.18. The van der Waals surface area contributed by atoms with Gasteiger partial charge in [0.1, 0.15) is 11.6 Å². The zero-order valence-electron chi connectivity index (χ0n) is 12.6. The number of carbonyl (C=O) groups is 1. The van der Waals surface area contributed by atoms with Crippen molar-refractivity contribution < 1.29 is 13.9 Å². The molecule has 0 aliphatic carbocycles. The molecule has 0 aromatic heterocycles. The number of nitrogens with zero attached hydrogens (tertiary/aromatic N) is 1. The van der Waals surface area contributed by atoms with Gasteiger partial charge < -0.3 is 10.1 Å². The second-order valence-electron chi connectivity index (χ2n) is 4.61. The quantitative estimate of drug-likeness (QED) is 0.834. The minimum Gasteiger partial charge on any atom is -0.496 e. The number of hydrogen-bond donors (Lipinski definition) is 1. The SMILES string of the molecule is CCN(CC)CC(=O)N[C@H](C)c1c(F)cccc1OC. The predicted octanol–water partition coefficient (Wildman–Crippen LogP) is 2.35. The first-order valence-electron chi connectivity index (χ1n) is 6.87. The number of nitrogens with one attached hydrogen (secondary N) is 1. The normalized spacial score (nSPS) is 12.3. The molecule has 20 heavy (non-hydrogen) atoms. The first-order valence-corrected chi connectivity index (χ1v) is 6.87. The van der Waals surface area contributed by atoms with Crippen LogP contribution in [0, 0.1) is 5.82 Å². The van der Waals surface area contributed by atoms with Gasteiger partial charge in [-0.15, -0.1) is 0 Å². The molecule has 0 saturated heterocycles. The molecular weight excluding hydrogens is 259 g/mol. The van der Waals surface area contributed by atoms with Crippen molar-refractivity contribution in [3.8, 4) is 5.75 Å². The van der Waals surface area contributed by atoms with Crippen LogP contribution in [0.1, 0.15) is 32.4 Å². The van der Waals surface area contributed by atoms with Crippen molar-refractivity contribution in [3.05, 3.63) is 29.6 Å². The summed E-state index contributed by atoms with van der Waals surface area (Å²) in [5, 5.41) is 2.81. The van der Waals surface area contributed by atoms with E-state index in [1.165, 1.54) is 13.2 Å². The summed E-state index contributed by atoms with van der Waals surface area (Å²) in [7, 11) is 1.49. The van der Waals surface area contributed by atoms with Crippen LogP contribution in [0.2, 0.25) is 0 Å². The fraction of sp³-hybridized carbons (Fsp3) is 0.533. The highest BCUT2D eigenvalue weighted by molar-refractivity contribution is 5.78. The average molecular weight is 282 g/mol. The van der Waals surface area contributed by atoms with E-state index >= 15 is 0 Å². The lowest BCUT2D eigenvalue weighted by atomic mass is 10.1. The highest BCUT2D eigenvalue weighted by Crippen LogP contribution is 2.27. The van der Waals surface area contributed by atoms with Crippen molar-refractivity contribution in [2.45, 2.75) is 26.8 Å². The van der Waals surface area contributed by atoms with Gasteiger partial charge in [0, 0.05) is 0 Å². The summed E-state index contributed by atoms with van der Waals surface area (Å²) in [4.78, 5) is 14.0. The third kappa shape index (κ3) is 4.20. The van der Waals surface area contributed by atoms with E-state index in [2.05, 4.69) is 5.32 Å². The number of ether oxygens (including phenoxy) is 1. The second kappa shape index (κ2) is 7.85. The Labute approximate surface area is 119 Å². The number of benzene rings is 1. The number of amides is 1. The molecule has 0 bridgehead atoms. The van der Waals surface area contributed by atoms with Gasteiger partial charge in [-0.3, -0.25) is 9.69 Å². The van der Waals surface area contributed by atoms with Crippen molar-refractivity contribution in [1.82, 2.24) is 10.2 Å². The van der Waals surface area contributed by atoms with E-state index in [9.17, 15) is 9.18 Å². The fourth-order valence-electron chi connectivity index (χ4n) is 2.13. The van der Waals surface area contributed by atoms with E-state index < -0.39 is 6.04 Å². The summed E-state index contributed by atoms with van der Waals surface area (Å²) < 4.78 is 19.0. The molecule has 1 aromatic rings. The van der Waals surface area contributed by atoms with E-state index in [1.54, 1.807) is 19.1 Å². The van der Waals surface area contributed by atoms with Crippen LogP contribution in [0.3, 0.4) is 0 Å². The lowest BCUT2D eigenvalue weighted by Gasteiger charge is -2.21. The molecule has 0 aliphatic heterocycles. The van der Waals surface area contributed by atoms with Gasteiger partial charge in [-0.05, 0) is 32.1 Å². The van der Waals surface area contributed by atoms with Crippen LogP contribution >= 0.6 is 0 Å². The first-order chi connectivity index (χ1) is 9.53. The van der Waals surface area contributed by atoms with E-state index in [0.29, 0.717) is 17.9 Å². The Morgan fingerprint density at radius 2 is 2.05 bits per heavy atom. The average Bonchev–Trinajstić information content (AvgIpc) is 2.43. The molecule has 0 saturated carbocycles. The molecule has 0 aliphatic rings. The van der Waals surface area contributed by atoms with Crippen molar-refractivity contribution in [2.75, 3.05) is 26.7 Å². The number of methoxy groups -OCH3 is 1. The van der Waals surface area contributed by atoms with E-state index in [1.807, 2.05) is 18.7 Å². The van der Waals surface area contributed by atoms with Crippen LogP contribution in [0.5, 0.6) is 5.75 Å². The maximum atomic E-state index is 13.9. The molecule has 1 amide bonds. The van der Waals surface area contributed by atoms with Gasteiger partial charge in [0.05, 0.1) is 25.3 Å². The highest BCUT2D eigenvalue weighted by atomic mass is 19.1. The lowest BCUT2D eigenvalue weighted by Crippen LogP contribution is -2.38. The number of hydrogen-bond acceptors (Lipinski definition) is 3. The molecule has 1 aromatic carbocycles. The first kappa shape index (κ1) is 16.4. The van der Waals surface area contributed by atoms with Crippen LogP contribution < -0.4 is 10.1 Å². The van der Waals surface area contributed by atoms with Crippen molar-refractivity contribution >= 4 is 5.91 Å². The monoisotopic (exact) mass is 282 g/mol. The standard InChI is InChI=1S/C15H23FN2O2/c1-5-18(6-2)10-14(19)17-11(3)15-12(16)8-7-9-13(15)20-4/h7-9,11H,5-6,10H2,1-4H3,(H,17,19)/t11-/m1/s1. The van der Waals surface area contributed by atoms with Crippen LogP contribution in [-0.2, 0) is 4.79 Å². The Balaban J connectivity index is 2.76. The third-order valence-electron chi connectivity index (χ3n) is 3.30. The molecular formula is C15H23FN2O2. The van der Waals surface area contributed by atoms with Gasteiger partial charge in [-0.2, -0.15) is 0 Å². The summed E-state index contributed by atoms with van der Waals surface area (Å²) in [5.41, 5.74) is 0.378. The number of halogens is 1. The molecule has 5 heteroatoms. The van der Waals surface area contributed by atoms with Crippen LogP contribution in [0.4, 0.5) is 4.39 Å². The van der Waals surface area contributed by atoms with E-state index in [0.717, 1.165) is 13.1 Å². The zero-order valence-corrected chi connectivity index (χ0v) is 12.6. The number of rotatable bonds is 7. The summed E-state index contributed by atoms with van der Waals surface area (Å²) in [5.74, 6) is -0.0489. The van der Waals surface area contributed by atoms with Crippen LogP contribution in [0.25, 0.3) is 0 Å². The Morgan fingerprint density at radius 1 is 1.40 bits per heavy atom. The van der Waals surface area contributed by atoms with Crippen molar-refractivity contribution in [1.29, 1.82) is 0 Å². The van der Waals surface area contributed by atoms with Gasteiger partial charge in [-0.1, -0.05) is 19.9 Å². The summed E-state index contributed by atoms with van der Waals surface area (Å²) in [6, 6.07) is 4.20. The Kier molecular flexibility index (Phi) is 6.45. The van der Waals surface area contributed by atoms with Gasteiger partial charge in [0.2, 0.25) is 5.91 Å². The van der Waals surface area contributed by atoms with E-state index in [-0.39, 0.29) is 11.7 Å². The Morgan fingerprint density at radius 3 is 2.60 bits per heavy atom. The molecule has 1 N–H and O–H groups in total. The molecule has 0 spiro atoms. The molecule has 4 nitrogen and oxygen atoms in total. The maximum Gasteiger partial charge on any atom is 0.234 e. The van der Waals surface area contributed by atoms with Gasteiger partial charge >= 0.3 is 0 Å². The largest absolute Gasteiger partial charge is 0.496 e. The van der Waals surface area contributed by atoms with Gasteiger partial charge in [0.25, 0.3) is 0 Å².